The molecule has 0 saturated heterocycles. The molecule has 1 unspecified atom stereocenters. The second-order valence-corrected chi connectivity index (χ2v) is 2.40. The number of hydrogen-bond donors (Lipinski definition) is 0. The molecular formula is C7H10NO4-. The minimum absolute atomic E-state index is 0.180. The highest BCUT2D eigenvalue weighted by molar-refractivity contribution is 5.84. The van der Waals surface area contributed by atoms with Crippen LogP contribution in [0, 0.1) is 10.1 Å². The number of nitro groups is 1. The molecule has 0 saturated carbocycles. The second-order valence-electron chi connectivity index (χ2n) is 2.40. The molecule has 0 aromatic heterocycles. The van der Waals surface area contributed by atoms with E-state index in [0.717, 1.165) is 0 Å². The summed E-state index contributed by atoms with van der Waals surface area (Å²) in [6, 6.07) is -1.21. The Morgan fingerprint density at radius 2 is 2.17 bits per heavy atom. The fourth-order valence-electron chi connectivity index (χ4n) is 0.816. The number of carbonyl (C=O) groups is 1. The van der Waals surface area contributed by atoms with E-state index >= 15 is 0 Å². The monoisotopic (exact) mass is 172 g/mol. The van der Waals surface area contributed by atoms with Gasteiger partial charge in [0.15, 0.2) is 0 Å². The zero-order valence-corrected chi connectivity index (χ0v) is 6.78. The van der Waals surface area contributed by atoms with Gasteiger partial charge in [0, 0.05) is 16.9 Å². The molecule has 0 aromatic carbocycles. The number of carboxylic acids is 1. The minimum Gasteiger partial charge on any atom is -0.545 e. The maximum absolute atomic E-state index is 10.3. The summed E-state index contributed by atoms with van der Waals surface area (Å²) < 4.78 is 0. The van der Waals surface area contributed by atoms with E-state index in [9.17, 15) is 20.0 Å². The van der Waals surface area contributed by atoms with Gasteiger partial charge in [-0.05, 0) is 6.42 Å². The quantitative estimate of drug-likeness (QED) is 0.325. The number of aliphatic carboxylic acids is 1. The molecule has 0 aliphatic carbocycles. The lowest BCUT2D eigenvalue weighted by Crippen LogP contribution is -2.34. The summed E-state index contributed by atoms with van der Waals surface area (Å²) >= 11 is 0. The first-order valence-electron chi connectivity index (χ1n) is 3.54. The van der Waals surface area contributed by atoms with Gasteiger partial charge in [-0.3, -0.25) is 10.1 Å². The van der Waals surface area contributed by atoms with Gasteiger partial charge in [-0.2, -0.15) is 0 Å². The van der Waals surface area contributed by atoms with Crippen LogP contribution >= 0.6 is 0 Å². The van der Waals surface area contributed by atoms with Crippen LogP contribution in [0.1, 0.15) is 19.8 Å². The lowest BCUT2D eigenvalue weighted by Gasteiger charge is -2.11. The van der Waals surface area contributed by atoms with Crippen molar-refractivity contribution in [1.29, 1.82) is 0 Å². The van der Waals surface area contributed by atoms with Gasteiger partial charge in [0.05, 0.1) is 5.97 Å². The zero-order valence-electron chi connectivity index (χ0n) is 6.78. The number of carbonyl (C=O) groups excluding carboxylic acids is 1. The van der Waals surface area contributed by atoms with E-state index in [2.05, 4.69) is 6.58 Å². The molecule has 0 aliphatic heterocycles. The first-order chi connectivity index (χ1) is 5.50. The molecule has 68 valence electrons. The number of hydrogen-bond acceptors (Lipinski definition) is 4. The second kappa shape index (κ2) is 4.48. The van der Waals surface area contributed by atoms with Crippen molar-refractivity contribution in [2.75, 3.05) is 0 Å². The van der Waals surface area contributed by atoms with Crippen LogP contribution in [0.2, 0.25) is 0 Å². The van der Waals surface area contributed by atoms with Crippen molar-refractivity contribution in [1.82, 2.24) is 0 Å². The van der Waals surface area contributed by atoms with Crippen LogP contribution in [0.3, 0.4) is 0 Å². The number of carboxylic acid groups (broad SMARTS) is 1. The zero-order chi connectivity index (χ0) is 9.72. The molecule has 5 nitrogen and oxygen atoms in total. The van der Waals surface area contributed by atoms with Crippen molar-refractivity contribution in [3.05, 3.63) is 22.3 Å². The molecule has 0 amide bonds. The largest absolute Gasteiger partial charge is 0.545 e. The maximum Gasteiger partial charge on any atom is 0.239 e. The Bertz CT molecular complexity index is 211. The highest BCUT2D eigenvalue weighted by Gasteiger charge is 2.22. The summed E-state index contributed by atoms with van der Waals surface area (Å²) in [5, 5.41) is 20.5. The highest BCUT2D eigenvalue weighted by atomic mass is 16.6. The lowest BCUT2D eigenvalue weighted by molar-refractivity contribution is -0.513. The molecule has 0 N–H and O–H groups in total. The molecule has 0 aliphatic rings. The Hall–Kier alpha value is -1.39. The third-order valence-electron chi connectivity index (χ3n) is 1.48. The Labute approximate surface area is 69.8 Å². The van der Waals surface area contributed by atoms with E-state index in [-0.39, 0.29) is 6.42 Å². The van der Waals surface area contributed by atoms with Gasteiger partial charge >= 0.3 is 0 Å². The van der Waals surface area contributed by atoms with Crippen LogP contribution in [-0.4, -0.2) is 16.9 Å². The van der Waals surface area contributed by atoms with Crippen LogP contribution in [0.25, 0.3) is 0 Å². The molecule has 0 bridgehead atoms. The fourth-order valence-corrected chi connectivity index (χ4v) is 0.816. The fraction of sp³-hybridized carbons (Fsp3) is 0.571. The van der Waals surface area contributed by atoms with Gasteiger partial charge in [0.2, 0.25) is 6.04 Å². The molecular weight excluding hydrogens is 162 g/mol. The van der Waals surface area contributed by atoms with Crippen molar-refractivity contribution in [3.8, 4) is 0 Å². The van der Waals surface area contributed by atoms with Gasteiger partial charge in [0.1, 0.15) is 0 Å². The first-order valence-corrected chi connectivity index (χ1v) is 3.54. The minimum atomic E-state index is -1.55. The summed E-state index contributed by atoms with van der Waals surface area (Å²) in [6.07, 6.45) is 0.720. The van der Waals surface area contributed by atoms with E-state index < -0.39 is 22.5 Å². The Morgan fingerprint density at radius 1 is 1.67 bits per heavy atom. The van der Waals surface area contributed by atoms with Crippen molar-refractivity contribution in [3.63, 3.8) is 0 Å². The molecule has 0 radical (unpaired) electrons. The molecule has 0 spiro atoms. The summed E-state index contributed by atoms with van der Waals surface area (Å²) in [5.74, 6) is -1.55. The van der Waals surface area contributed by atoms with Crippen LogP contribution < -0.4 is 5.11 Å². The molecule has 1 atom stereocenters. The van der Waals surface area contributed by atoms with Gasteiger partial charge in [-0.1, -0.05) is 13.5 Å². The SMILES string of the molecule is C=C(C(=O)[O-])C(CCC)[N+](=O)[O-]. The molecule has 12 heavy (non-hydrogen) atoms. The van der Waals surface area contributed by atoms with Crippen molar-refractivity contribution in [2.45, 2.75) is 25.8 Å². The smallest absolute Gasteiger partial charge is 0.239 e. The van der Waals surface area contributed by atoms with E-state index in [1.807, 2.05) is 0 Å². The summed E-state index contributed by atoms with van der Waals surface area (Å²) in [5.41, 5.74) is -0.457. The van der Waals surface area contributed by atoms with Crippen LogP contribution in [0.4, 0.5) is 0 Å². The molecule has 5 heteroatoms. The van der Waals surface area contributed by atoms with E-state index in [1.165, 1.54) is 0 Å². The van der Waals surface area contributed by atoms with Crippen LogP contribution in [0.15, 0.2) is 12.2 Å². The van der Waals surface area contributed by atoms with Gasteiger partial charge in [-0.15, -0.1) is 0 Å². The third-order valence-corrected chi connectivity index (χ3v) is 1.48. The summed E-state index contributed by atoms with van der Waals surface area (Å²) in [4.78, 5) is 19.8. The predicted octanol–water partition coefficient (Wildman–Crippen LogP) is -0.262. The van der Waals surface area contributed by atoms with E-state index in [4.69, 9.17) is 0 Å². The Kier molecular flexibility index (Phi) is 3.96. The van der Waals surface area contributed by atoms with E-state index in [0.29, 0.717) is 6.42 Å². The average Bonchev–Trinajstić information content (AvgIpc) is 1.98. The van der Waals surface area contributed by atoms with Crippen molar-refractivity contribution >= 4 is 5.97 Å². The highest BCUT2D eigenvalue weighted by Crippen LogP contribution is 2.09. The lowest BCUT2D eigenvalue weighted by atomic mass is 10.1. The van der Waals surface area contributed by atoms with Crippen molar-refractivity contribution < 1.29 is 14.8 Å². The van der Waals surface area contributed by atoms with Crippen LogP contribution in [0.5, 0.6) is 0 Å². The normalized spacial score (nSPS) is 12.1. The number of rotatable bonds is 5. The third kappa shape index (κ3) is 2.69. The van der Waals surface area contributed by atoms with Crippen molar-refractivity contribution in [2.24, 2.45) is 0 Å². The van der Waals surface area contributed by atoms with Gasteiger partial charge in [0.25, 0.3) is 0 Å². The summed E-state index contributed by atoms with van der Waals surface area (Å²) in [6.45, 7) is 4.83. The van der Waals surface area contributed by atoms with E-state index in [1.54, 1.807) is 6.92 Å². The summed E-state index contributed by atoms with van der Waals surface area (Å²) in [7, 11) is 0. The molecule has 0 aromatic rings. The topological polar surface area (TPSA) is 83.3 Å². The Balaban J connectivity index is 4.40. The molecule has 0 rings (SSSR count). The standard InChI is InChI=1S/C7H11NO4/c1-3-4-6(8(11)12)5(2)7(9)10/h6H,2-4H2,1H3,(H,9,10)/p-1. The average molecular weight is 172 g/mol. The molecule has 0 fully saturated rings. The molecule has 0 heterocycles. The van der Waals surface area contributed by atoms with Gasteiger partial charge in [-0.25, -0.2) is 0 Å². The first kappa shape index (κ1) is 10.6. The predicted molar refractivity (Wildman–Crippen MR) is 39.8 cm³/mol. The number of nitrogens with zero attached hydrogens (tertiary/aromatic N) is 1. The van der Waals surface area contributed by atoms with Gasteiger partial charge < -0.3 is 9.90 Å². The van der Waals surface area contributed by atoms with Crippen LogP contribution in [-0.2, 0) is 4.79 Å². The Morgan fingerprint density at radius 3 is 2.42 bits per heavy atom. The maximum atomic E-state index is 10.3.